The summed E-state index contributed by atoms with van der Waals surface area (Å²) in [5, 5.41) is 0. The molecule has 3 nitrogen and oxygen atoms in total. The molecule has 0 radical (unpaired) electrons. The lowest BCUT2D eigenvalue weighted by Gasteiger charge is -2.15. The van der Waals surface area contributed by atoms with Crippen molar-refractivity contribution in [2.24, 2.45) is 0 Å². The number of halogens is 1. The Hall–Kier alpha value is -0.900. The third-order valence-electron chi connectivity index (χ3n) is 1.88. The van der Waals surface area contributed by atoms with Crippen molar-refractivity contribution in [3.8, 4) is 0 Å². The summed E-state index contributed by atoms with van der Waals surface area (Å²) >= 11 is 3.23. The standard InChI is InChI=1S/C10H13BrN2O/c1-3-6-13(2)10(14)8-4-5-9(11)12-7-8/h4-5,7H,3,6H2,1-2H3. The van der Waals surface area contributed by atoms with E-state index in [1.165, 1.54) is 0 Å². The van der Waals surface area contributed by atoms with Gasteiger partial charge in [0.25, 0.3) is 5.91 Å². The van der Waals surface area contributed by atoms with E-state index in [1.54, 1.807) is 30.3 Å². The fourth-order valence-electron chi connectivity index (χ4n) is 1.16. The molecule has 0 saturated carbocycles. The summed E-state index contributed by atoms with van der Waals surface area (Å²) in [6.45, 7) is 2.82. The maximum atomic E-state index is 11.7. The molecule has 0 bridgehead atoms. The van der Waals surface area contributed by atoms with Gasteiger partial charge in [-0.2, -0.15) is 0 Å². The normalized spacial score (nSPS) is 9.93. The Balaban J connectivity index is 2.74. The first-order valence-electron chi connectivity index (χ1n) is 4.52. The van der Waals surface area contributed by atoms with Crippen LogP contribution in [0.4, 0.5) is 0 Å². The Kier molecular flexibility index (Phi) is 4.07. The Morgan fingerprint density at radius 3 is 2.79 bits per heavy atom. The van der Waals surface area contributed by atoms with Crippen molar-refractivity contribution in [3.63, 3.8) is 0 Å². The number of hydrogen-bond donors (Lipinski definition) is 0. The summed E-state index contributed by atoms with van der Waals surface area (Å²) in [7, 11) is 1.80. The Labute approximate surface area is 92.3 Å². The Bertz CT molecular complexity index is 310. The van der Waals surface area contributed by atoms with Crippen LogP contribution in [-0.4, -0.2) is 29.4 Å². The van der Waals surface area contributed by atoms with E-state index in [4.69, 9.17) is 0 Å². The minimum absolute atomic E-state index is 0.0202. The monoisotopic (exact) mass is 256 g/mol. The lowest BCUT2D eigenvalue weighted by atomic mass is 10.2. The van der Waals surface area contributed by atoms with E-state index in [1.807, 2.05) is 6.92 Å². The second-order valence-electron chi connectivity index (χ2n) is 3.10. The Morgan fingerprint density at radius 1 is 1.57 bits per heavy atom. The molecule has 1 aromatic heterocycles. The molecule has 76 valence electrons. The zero-order chi connectivity index (χ0) is 10.6. The highest BCUT2D eigenvalue weighted by molar-refractivity contribution is 9.10. The molecular weight excluding hydrogens is 244 g/mol. The van der Waals surface area contributed by atoms with Crippen LogP contribution < -0.4 is 0 Å². The summed E-state index contributed by atoms with van der Waals surface area (Å²) < 4.78 is 0.743. The van der Waals surface area contributed by atoms with Gasteiger partial charge in [-0.15, -0.1) is 0 Å². The zero-order valence-electron chi connectivity index (χ0n) is 8.33. The molecule has 0 fully saturated rings. The van der Waals surface area contributed by atoms with Gasteiger partial charge in [0.1, 0.15) is 4.60 Å². The topological polar surface area (TPSA) is 33.2 Å². The smallest absolute Gasteiger partial charge is 0.255 e. The summed E-state index contributed by atoms with van der Waals surface area (Å²) in [5.74, 6) is 0.0202. The second kappa shape index (κ2) is 5.10. The van der Waals surface area contributed by atoms with Crippen molar-refractivity contribution in [2.45, 2.75) is 13.3 Å². The number of aromatic nitrogens is 1. The molecule has 4 heteroatoms. The van der Waals surface area contributed by atoms with Crippen LogP contribution in [0.1, 0.15) is 23.7 Å². The summed E-state index contributed by atoms with van der Waals surface area (Å²) in [6.07, 6.45) is 2.55. The minimum Gasteiger partial charge on any atom is -0.342 e. The molecular formula is C10H13BrN2O. The molecule has 0 saturated heterocycles. The number of hydrogen-bond acceptors (Lipinski definition) is 2. The van der Waals surface area contributed by atoms with Crippen molar-refractivity contribution in [1.82, 2.24) is 9.88 Å². The molecule has 0 aliphatic carbocycles. The average molecular weight is 257 g/mol. The van der Waals surface area contributed by atoms with Crippen molar-refractivity contribution in [2.75, 3.05) is 13.6 Å². The fraction of sp³-hybridized carbons (Fsp3) is 0.400. The number of nitrogens with zero attached hydrogens (tertiary/aromatic N) is 2. The van der Waals surface area contributed by atoms with Crippen LogP contribution in [0.2, 0.25) is 0 Å². The van der Waals surface area contributed by atoms with E-state index in [0.29, 0.717) is 5.56 Å². The van der Waals surface area contributed by atoms with E-state index >= 15 is 0 Å². The predicted molar refractivity (Wildman–Crippen MR) is 59.2 cm³/mol. The molecule has 1 rings (SSSR count). The highest BCUT2D eigenvalue weighted by Gasteiger charge is 2.10. The van der Waals surface area contributed by atoms with Crippen LogP contribution >= 0.6 is 15.9 Å². The first kappa shape index (κ1) is 11.2. The van der Waals surface area contributed by atoms with Crippen molar-refractivity contribution in [3.05, 3.63) is 28.5 Å². The van der Waals surface area contributed by atoms with E-state index in [-0.39, 0.29) is 5.91 Å². The predicted octanol–water partition coefficient (Wildman–Crippen LogP) is 2.33. The van der Waals surface area contributed by atoms with E-state index < -0.39 is 0 Å². The van der Waals surface area contributed by atoms with Gasteiger partial charge in [-0.3, -0.25) is 4.79 Å². The molecule has 1 aromatic rings. The van der Waals surface area contributed by atoms with Crippen LogP contribution in [-0.2, 0) is 0 Å². The van der Waals surface area contributed by atoms with Gasteiger partial charge in [0.05, 0.1) is 5.56 Å². The number of carbonyl (C=O) groups excluding carboxylic acids is 1. The van der Waals surface area contributed by atoms with Gasteiger partial charge in [-0.05, 0) is 34.5 Å². The van der Waals surface area contributed by atoms with Gasteiger partial charge in [-0.25, -0.2) is 4.98 Å². The van der Waals surface area contributed by atoms with Crippen molar-refractivity contribution < 1.29 is 4.79 Å². The van der Waals surface area contributed by atoms with Crippen LogP contribution in [0.3, 0.4) is 0 Å². The molecule has 0 N–H and O–H groups in total. The number of rotatable bonds is 3. The molecule has 0 aliphatic rings. The highest BCUT2D eigenvalue weighted by Crippen LogP contribution is 2.08. The lowest BCUT2D eigenvalue weighted by molar-refractivity contribution is 0.0794. The van der Waals surface area contributed by atoms with E-state index in [2.05, 4.69) is 20.9 Å². The van der Waals surface area contributed by atoms with Gasteiger partial charge in [0.2, 0.25) is 0 Å². The lowest BCUT2D eigenvalue weighted by Crippen LogP contribution is -2.27. The van der Waals surface area contributed by atoms with Crippen molar-refractivity contribution >= 4 is 21.8 Å². The van der Waals surface area contributed by atoms with Crippen LogP contribution in [0.25, 0.3) is 0 Å². The number of pyridine rings is 1. The average Bonchev–Trinajstić information content (AvgIpc) is 2.18. The van der Waals surface area contributed by atoms with E-state index in [0.717, 1.165) is 17.6 Å². The van der Waals surface area contributed by atoms with Gasteiger partial charge < -0.3 is 4.90 Å². The maximum absolute atomic E-state index is 11.7. The van der Waals surface area contributed by atoms with Gasteiger partial charge in [0.15, 0.2) is 0 Å². The van der Waals surface area contributed by atoms with Gasteiger partial charge >= 0.3 is 0 Å². The maximum Gasteiger partial charge on any atom is 0.255 e. The second-order valence-corrected chi connectivity index (χ2v) is 3.91. The van der Waals surface area contributed by atoms with Gasteiger partial charge in [-0.1, -0.05) is 6.92 Å². The molecule has 0 atom stereocenters. The Morgan fingerprint density at radius 2 is 2.29 bits per heavy atom. The van der Waals surface area contributed by atoms with Crippen molar-refractivity contribution in [1.29, 1.82) is 0 Å². The highest BCUT2D eigenvalue weighted by atomic mass is 79.9. The first-order chi connectivity index (χ1) is 6.65. The summed E-state index contributed by atoms with van der Waals surface area (Å²) in [4.78, 5) is 17.4. The number of amides is 1. The molecule has 0 spiro atoms. The third kappa shape index (κ3) is 2.80. The third-order valence-corrected chi connectivity index (χ3v) is 2.35. The molecule has 14 heavy (non-hydrogen) atoms. The van der Waals surface area contributed by atoms with E-state index in [9.17, 15) is 4.79 Å². The van der Waals surface area contributed by atoms with Crippen LogP contribution in [0.5, 0.6) is 0 Å². The minimum atomic E-state index is 0.0202. The first-order valence-corrected chi connectivity index (χ1v) is 5.31. The van der Waals surface area contributed by atoms with Crippen LogP contribution in [0, 0.1) is 0 Å². The molecule has 0 unspecified atom stereocenters. The molecule has 0 aromatic carbocycles. The van der Waals surface area contributed by atoms with Gasteiger partial charge in [0, 0.05) is 19.8 Å². The quantitative estimate of drug-likeness (QED) is 0.778. The fourth-order valence-corrected chi connectivity index (χ4v) is 1.39. The number of carbonyl (C=O) groups is 1. The molecule has 1 amide bonds. The summed E-state index contributed by atoms with van der Waals surface area (Å²) in [5.41, 5.74) is 0.629. The molecule has 0 aliphatic heterocycles. The largest absolute Gasteiger partial charge is 0.342 e. The van der Waals surface area contributed by atoms with Crippen LogP contribution in [0.15, 0.2) is 22.9 Å². The summed E-state index contributed by atoms with van der Waals surface area (Å²) in [6, 6.07) is 3.54. The molecule has 1 heterocycles. The zero-order valence-corrected chi connectivity index (χ0v) is 9.91. The SMILES string of the molecule is CCCN(C)C(=O)c1ccc(Br)nc1.